The fourth-order valence-corrected chi connectivity index (χ4v) is 2.67. The summed E-state index contributed by atoms with van der Waals surface area (Å²) in [6.45, 7) is 3.85. The van der Waals surface area contributed by atoms with Gasteiger partial charge in [0.15, 0.2) is 5.82 Å². The molecule has 0 aliphatic heterocycles. The van der Waals surface area contributed by atoms with Crippen molar-refractivity contribution in [2.24, 2.45) is 0 Å². The zero-order chi connectivity index (χ0) is 16.8. The van der Waals surface area contributed by atoms with E-state index in [1.54, 1.807) is 42.4 Å². The first kappa shape index (κ1) is 14.5. The number of aromatic nitrogens is 8. The number of ether oxygens (including phenoxy) is 1. The minimum absolute atomic E-state index is 0.239. The summed E-state index contributed by atoms with van der Waals surface area (Å²) in [6.07, 6.45) is 3.16. The van der Waals surface area contributed by atoms with Crippen LogP contribution in [-0.4, -0.2) is 46.2 Å². The van der Waals surface area contributed by atoms with Crippen LogP contribution in [0.3, 0.4) is 0 Å². The maximum atomic E-state index is 12.9. The molecule has 0 radical (unpaired) electrons. The predicted octanol–water partition coefficient (Wildman–Crippen LogP) is 0.105. The number of fused-ring (bicyclic) bond motifs is 3. The molecule has 0 aliphatic rings. The molecule has 0 spiro atoms. The Labute approximate surface area is 135 Å². The molecule has 0 atom stereocenters. The van der Waals surface area contributed by atoms with E-state index in [4.69, 9.17) is 4.74 Å². The molecule has 0 N–H and O–H groups in total. The van der Waals surface area contributed by atoms with Crippen molar-refractivity contribution in [2.45, 2.75) is 20.5 Å². The van der Waals surface area contributed by atoms with Crippen LogP contribution < -0.4 is 5.56 Å². The van der Waals surface area contributed by atoms with E-state index in [-0.39, 0.29) is 12.2 Å². The van der Waals surface area contributed by atoms with Crippen molar-refractivity contribution in [2.75, 3.05) is 7.11 Å². The Bertz CT molecular complexity index is 1100. The van der Waals surface area contributed by atoms with E-state index in [1.165, 1.54) is 10.9 Å². The molecule has 24 heavy (non-hydrogen) atoms. The fraction of sp³-hybridized carbons (Fsp3) is 0.286. The average Bonchev–Trinajstić information content (AvgIpc) is 3.12. The Morgan fingerprint density at radius 3 is 2.67 bits per heavy atom. The summed E-state index contributed by atoms with van der Waals surface area (Å²) in [5.41, 5.74) is 0.385. The summed E-state index contributed by atoms with van der Waals surface area (Å²) in [4.78, 5) is 21.4. The van der Waals surface area contributed by atoms with Crippen molar-refractivity contribution < 1.29 is 4.74 Å². The average molecular weight is 326 g/mol. The van der Waals surface area contributed by atoms with Crippen LogP contribution in [0.5, 0.6) is 0 Å². The third-order valence-electron chi connectivity index (χ3n) is 3.70. The van der Waals surface area contributed by atoms with Gasteiger partial charge in [-0.2, -0.15) is 9.50 Å². The van der Waals surface area contributed by atoms with E-state index in [0.29, 0.717) is 34.2 Å². The number of methoxy groups -OCH3 is 1. The first-order valence-corrected chi connectivity index (χ1v) is 7.24. The molecule has 0 saturated heterocycles. The van der Waals surface area contributed by atoms with Gasteiger partial charge in [-0.15, -0.1) is 15.3 Å². The maximum absolute atomic E-state index is 12.9. The van der Waals surface area contributed by atoms with Crippen LogP contribution in [-0.2, 0) is 11.3 Å². The molecule has 0 fully saturated rings. The summed E-state index contributed by atoms with van der Waals surface area (Å²) in [6, 6.07) is 1.79. The quantitative estimate of drug-likeness (QED) is 0.526. The van der Waals surface area contributed by atoms with E-state index in [1.807, 2.05) is 0 Å². The number of hydrogen-bond acceptors (Lipinski definition) is 7. The van der Waals surface area contributed by atoms with Gasteiger partial charge >= 0.3 is 0 Å². The van der Waals surface area contributed by atoms with Crippen molar-refractivity contribution in [3.8, 4) is 0 Å². The Morgan fingerprint density at radius 1 is 1.21 bits per heavy atom. The standard InChI is InChI=1S/C14H14N8O2/c1-8-17-18-9(2)22(8)20-5-4-11-10(13(20)23)6-15-14-16-12(7-24-3)19-21(11)14/h4-6H,7H2,1-3H3. The van der Waals surface area contributed by atoms with Crippen molar-refractivity contribution in [1.82, 2.24) is 39.1 Å². The highest BCUT2D eigenvalue weighted by Crippen LogP contribution is 2.11. The topological polar surface area (TPSA) is 105 Å². The molecule has 10 heteroatoms. The number of nitrogens with zero attached hydrogens (tertiary/aromatic N) is 8. The second kappa shape index (κ2) is 5.20. The lowest BCUT2D eigenvalue weighted by Crippen LogP contribution is -2.27. The number of hydrogen-bond donors (Lipinski definition) is 0. The van der Waals surface area contributed by atoms with E-state index in [2.05, 4.69) is 25.3 Å². The monoisotopic (exact) mass is 326 g/mol. The lowest BCUT2D eigenvalue weighted by atomic mass is 10.3. The molecule has 4 aromatic heterocycles. The molecular formula is C14H14N8O2. The number of pyridine rings is 1. The van der Waals surface area contributed by atoms with Gasteiger partial charge in [-0.05, 0) is 19.9 Å². The SMILES string of the molecule is COCc1nc2ncc3c(=O)n(-n4c(C)nnc4C)ccc3n2n1. The Balaban J connectivity index is 2.00. The first-order valence-electron chi connectivity index (χ1n) is 7.24. The predicted molar refractivity (Wildman–Crippen MR) is 83.6 cm³/mol. The Morgan fingerprint density at radius 2 is 1.96 bits per heavy atom. The van der Waals surface area contributed by atoms with Gasteiger partial charge < -0.3 is 4.74 Å². The van der Waals surface area contributed by atoms with Crippen molar-refractivity contribution >= 4 is 16.7 Å². The van der Waals surface area contributed by atoms with Crippen LogP contribution in [0.4, 0.5) is 0 Å². The zero-order valence-electron chi connectivity index (χ0n) is 13.3. The number of aryl methyl sites for hydroxylation is 2. The molecule has 122 valence electrons. The molecule has 0 amide bonds. The smallest absolute Gasteiger partial charge is 0.280 e. The van der Waals surface area contributed by atoms with Gasteiger partial charge in [0.2, 0.25) is 0 Å². The van der Waals surface area contributed by atoms with Crippen LogP contribution in [0.1, 0.15) is 17.5 Å². The third kappa shape index (κ3) is 2.00. The van der Waals surface area contributed by atoms with Gasteiger partial charge in [0.1, 0.15) is 18.3 Å². The maximum Gasteiger partial charge on any atom is 0.280 e. The minimum Gasteiger partial charge on any atom is -0.377 e. The molecule has 0 aliphatic carbocycles. The molecular weight excluding hydrogens is 312 g/mol. The summed E-state index contributed by atoms with van der Waals surface area (Å²) in [5, 5.41) is 12.7. The van der Waals surface area contributed by atoms with E-state index in [0.717, 1.165) is 0 Å². The molecule has 10 nitrogen and oxygen atoms in total. The van der Waals surface area contributed by atoms with E-state index in [9.17, 15) is 4.79 Å². The van der Waals surface area contributed by atoms with Crippen molar-refractivity contribution in [1.29, 1.82) is 0 Å². The molecule has 4 heterocycles. The highest BCUT2D eigenvalue weighted by Gasteiger charge is 2.14. The number of rotatable bonds is 3. The van der Waals surface area contributed by atoms with Gasteiger partial charge in [0.25, 0.3) is 11.3 Å². The van der Waals surface area contributed by atoms with Gasteiger partial charge in [-0.25, -0.2) is 14.3 Å². The lowest BCUT2D eigenvalue weighted by Gasteiger charge is -2.10. The minimum atomic E-state index is -0.239. The van der Waals surface area contributed by atoms with Crippen LogP contribution in [0.2, 0.25) is 0 Å². The van der Waals surface area contributed by atoms with Crippen LogP contribution in [0.15, 0.2) is 23.3 Å². The third-order valence-corrected chi connectivity index (χ3v) is 3.70. The van der Waals surface area contributed by atoms with Gasteiger partial charge in [0, 0.05) is 19.5 Å². The van der Waals surface area contributed by atoms with Gasteiger partial charge in [0.05, 0.1) is 10.9 Å². The van der Waals surface area contributed by atoms with Gasteiger partial charge in [-0.1, -0.05) is 0 Å². The largest absolute Gasteiger partial charge is 0.377 e. The molecule has 4 aromatic rings. The highest BCUT2D eigenvalue weighted by molar-refractivity contribution is 5.78. The molecule has 0 bridgehead atoms. The first-order chi connectivity index (χ1) is 11.6. The lowest BCUT2D eigenvalue weighted by molar-refractivity contribution is 0.178. The summed E-state index contributed by atoms with van der Waals surface area (Å²) in [7, 11) is 1.57. The molecule has 0 saturated carbocycles. The normalized spacial score (nSPS) is 11.6. The van der Waals surface area contributed by atoms with Gasteiger partial charge in [-0.3, -0.25) is 4.79 Å². The van der Waals surface area contributed by atoms with E-state index < -0.39 is 0 Å². The summed E-state index contributed by atoms with van der Waals surface area (Å²) >= 11 is 0. The summed E-state index contributed by atoms with van der Waals surface area (Å²) < 4.78 is 9.68. The molecule has 4 rings (SSSR count). The second-order valence-electron chi connectivity index (χ2n) is 5.30. The second-order valence-corrected chi connectivity index (χ2v) is 5.30. The highest BCUT2D eigenvalue weighted by atomic mass is 16.5. The summed E-state index contributed by atoms with van der Waals surface area (Å²) in [5.74, 6) is 2.16. The Kier molecular flexibility index (Phi) is 3.13. The Hall–Kier alpha value is -3.14. The molecule has 0 unspecified atom stereocenters. The zero-order valence-corrected chi connectivity index (χ0v) is 13.3. The van der Waals surface area contributed by atoms with E-state index >= 15 is 0 Å². The molecule has 0 aromatic carbocycles. The van der Waals surface area contributed by atoms with Crippen molar-refractivity contribution in [3.05, 3.63) is 46.3 Å². The van der Waals surface area contributed by atoms with Crippen LogP contribution in [0.25, 0.3) is 16.7 Å². The van der Waals surface area contributed by atoms with Crippen LogP contribution in [0, 0.1) is 13.8 Å². The fourth-order valence-electron chi connectivity index (χ4n) is 2.67. The van der Waals surface area contributed by atoms with Crippen molar-refractivity contribution in [3.63, 3.8) is 0 Å². The van der Waals surface area contributed by atoms with Crippen LogP contribution >= 0.6 is 0 Å².